The molecule has 1 aliphatic heterocycles. The first-order chi connectivity index (χ1) is 10.9. The number of guanidine groups is 1. The van der Waals surface area contributed by atoms with Crippen molar-refractivity contribution in [1.29, 1.82) is 0 Å². The highest BCUT2D eigenvalue weighted by molar-refractivity contribution is 5.80. The van der Waals surface area contributed by atoms with Crippen molar-refractivity contribution in [2.24, 2.45) is 4.99 Å². The fourth-order valence-corrected chi connectivity index (χ4v) is 2.89. The van der Waals surface area contributed by atoms with Gasteiger partial charge in [0.05, 0.1) is 6.54 Å². The number of nitrogens with zero attached hydrogens (tertiary/aromatic N) is 2. The van der Waals surface area contributed by atoms with Crippen molar-refractivity contribution in [3.8, 4) is 0 Å². The molecule has 1 unspecified atom stereocenters. The van der Waals surface area contributed by atoms with Crippen molar-refractivity contribution in [2.45, 2.75) is 59.2 Å². The lowest BCUT2D eigenvalue weighted by Gasteiger charge is -2.33. The van der Waals surface area contributed by atoms with Crippen molar-refractivity contribution < 1.29 is 0 Å². The molecule has 2 N–H and O–H groups in total. The van der Waals surface area contributed by atoms with E-state index in [1.165, 1.54) is 11.1 Å². The van der Waals surface area contributed by atoms with Crippen molar-refractivity contribution >= 4 is 5.96 Å². The number of hydrogen-bond acceptors (Lipinski definition) is 2. The lowest BCUT2D eigenvalue weighted by Crippen LogP contribution is -2.48. The van der Waals surface area contributed by atoms with Gasteiger partial charge < -0.3 is 10.6 Å². The fourth-order valence-electron chi connectivity index (χ4n) is 2.89. The number of rotatable bonds is 4. The van der Waals surface area contributed by atoms with Gasteiger partial charge >= 0.3 is 0 Å². The minimum absolute atomic E-state index is 0.0221. The quantitative estimate of drug-likeness (QED) is 0.663. The molecule has 2 rings (SSSR count). The molecule has 4 nitrogen and oxygen atoms in total. The molecule has 0 spiro atoms. The van der Waals surface area contributed by atoms with Crippen LogP contribution in [-0.4, -0.2) is 42.1 Å². The number of benzene rings is 1. The van der Waals surface area contributed by atoms with Crippen molar-refractivity contribution in [3.63, 3.8) is 0 Å². The van der Waals surface area contributed by atoms with Gasteiger partial charge in [-0.15, -0.1) is 0 Å². The molecule has 0 radical (unpaired) electrons. The first-order valence-corrected chi connectivity index (χ1v) is 8.76. The molecule has 0 saturated carbocycles. The number of hydrogen-bond donors (Lipinski definition) is 2. The van der Waals surface area contributed by atoms with Crippen LogP contribution in [0.25, 0.3) is 0 Å². The van der Waals surface area contributed by atoms with Crippen LogP contribution < -0.4 is 10.6 Å². The van der Waals surface area contributed by atoms with Crippen LogP contribution in [0.2, 0.25) is 0 Å². The highest BCUT2D eigenvalue weighted by Gasteiger charge is 2.20. The van der Waals surface area contributed by atoms with Crippen LogP contribution in [0, 0.1) is 0 Å². The van der Waals surface area contributed by atoms with Gasteiger partial charge in [0.2, 0.25) is 0 Å². The van der Waals surface area contributed by atoms with Crippen LogP contribution in [-0.2, 0) is 13.0 Å². The Labute approximate surface area is 141 Å². The van der Waals surface area contributed by atoms with E-state index in [4.69, 9.17) is 4.99 Å². The second-order valence-corrected chi connectivity index (χ2v) is 7.43. The normalized spacial score (nSPS) is 17.5. The zero-order chi connectivity index (χ0) is 16.9. The maximum absolute atomic E-state index is 4.78. The molecular formula is C19H32N4. The summed E-state index contributed by atoms with van der Waals surface area (Å²) in [5, 5.41) is 6.78. The Morgan fingerprint density at radius 1 is 1.26 bits per heavy atom. The van der Waals surface area contributed by atoms with Crippen LogP contribution >= 0.6 is 0 Å². The van der Waals surface area contributed by atoms with Crippen molar-refractivity contribution in [1.82, 2.24) is 15.5 Å². The average Bonchev–Trinajstić information content (AvgIpc) is 2.50. The number of nitrogens with one attached hydrogen (secondary N) is 2. The number of fused-ring (bicyclic) bond motifs is 1. The van der Waals surface area contributed by atoms with Gasteiger partial charge in [-0.25, -0.2) is 0 Å². The third kappa shape index (κ3) is 5.54. The molecule has 128 valence electrons. The molecule has 1 heterocycles. The van der Waals surface area contributed by atoms with E-state index >= 15 is 0 Å². The maximum Gasteiger partial charge on any atom is 0.191 e. The van der Waals surface area contributed by atoms with E-state index in [9.17, 15) is 0 Å². The summed E-state index contributed by atoms with van der Waals surface area (Å²) >= 11 is 0. The number of aliphatic imine (C=N–C) groups is 1. The Balaban J connectivity index is 1.95. The van der Waals surface area contributed by atoms with Crippen molar-refractivity contribution in [3.05, 3.63) is 35.4 Å². The largest absolute Gasteiger partial charge is 0.357 e. The van der Waals surface area contributed by atoms with Crippen LogP contribution in [0.15, 0.2) is 29.3 Å². The molecule has 0 aliphatic carbocycles. The standard InChI is InChI=1S/C19H32N4/c1-6-20-18(22-19(3,4)5)21-13-15(2)23-12-11-16-9-7-8-10-17(16)14-23/h7-10,15H,6,11-14H2,1-5H3,(H2,20,21,22). The molecule has 1 aromatic rings. The Bertz CT molecular complexity index is 530. The van der Waals surface area contributed by atoms with E-state index in [1.807, 2.05) is 0 Å². The Morgan fingerprint density at radius 2 is 1.96 bits per heavy atom. The molecule has 4 heteroatoms. The van der Waals surface area contributed by atoms with E-state index in [2.05, 4.69) is 74.4 Å². The zero-order valence-corrected chi connectivity index (χ0v) is 15.3. The Kier molecular flexibility index (Phi) is 6.05. The van der Waals surface area contributed by atoms with Crippen LogP contribution in [0.3, 0.4) is 0 Å². The van der Waals surface area contributed by atoms with Gasteiger partial charge in [0.15, 0.2) is 5.96 Å². The summed E-state index contributed by atoms with van der Waals surface area (Å²) in [7, 11) is 0. The maximum atomic E-state index is 4.78. The van der Waals surface area contributed by atoms with E-state index in [-0.39, 0.29) is 5.54 Å². The highest BCUT2D eigenvalue weighted by Crippen LogP contribution is 2.20. The fraction of sp³-hybridized carbons (Fsp3) is 0.632. The van der Waals surface area contributed by atoms with E-state index in [0.717, 1.165) is 38.6 Å². The second-order valence-electron chi connectivity index (χ2n) is 7.43. The molecule has 0 aromatic heterocycles. The van der Waals surface area contributed by atoms with Gasteiger partial charge in [-0.05, 0) is 52.2 Å². The summed E-state index contributed by atoms with van der Waals surface area (Å²) in [6.07, 6.45) is 1.14. The van der Waals surface area contributed by atoms with E-state index < -0.39 is 0 Å². The Morgan fingerprint density at radius 3 is 2.61 bits per heavy atom. The lowest BCUT2D eigenvalue weighted by molar-refractivity contribution is 0.195. The van der Waals surface area contributed by atoms with Crippen LogP contribution in [0.5, 0.6) is 0 Å². The predicted octanol–water partition coefficient (Wildman–Crippen LogP) is 2.79. The smallest absolute Gasteiger partial charge is 0.191 e. The van der Waals surface area contributed by atoms with Crippen molar-refractivity contribution in [2.75, 3.05) is 19.6 Å². The summed E-state index contributed by atoms with van der Waals surface area (Å²) in [5.41, 5.74) is 2.99. The monoisotopic (exact) mass is 316 g/mol. The molecule has 0 saturated heterocycles. The average molecular weight is 316 g/mol. The minimum Gasteiger partial charge on any atom is -0.357 e. The van der Waals surface area contributed by atoms with Gasteiger partial charge in [0, 0.05) is 31.2 Å². The zero-order valence-electron chi connectivity index (χ0n) is 15.3. The molecule has 0 fully saturated rings. The third-order valence-electron chi connectivity index (χ3n) is 4.13. The van der Waals surface area contributed by atoms with Gasteiger partial charge in [-0.2, -0.15) is 0 Å². The first-order valence-electron chi connectivity index (χ1n) is 8.76. The van der Waals surface area contributed by atoms with Gasteiger partial charge in [0.1, 0.15) is 0 Å². The second kappa shape index (κ2) is 7.82. The van der Waals surface area contributed by atoms with E-state index in [1.54, 1.807) is 0 Å². The highest BCUT2D eigenvalue weighted by atomic mass is 15.2. The minimum atomic E-state index is 0.0221. The summed E-state index contributed by atoms with van der Waals surface area (Å²) in [6, 6.07) is 9.23. The summed E-state index contributed by atoms with van der Waals surface area (Å²) in [4.78, 5) is 7.32. The lowest BCUT2D eigenvalue weighted by atomic mass is 9.99. The molecule has 1 atom stereocenters. The predicted molar refractivity (Wildman–Crippen MR) is 98.9 cm³/mol. The van der Waals surface area contributed by atoms with Crippen LogP contribution in [0.1, 0.15) is 45.7 Å². The van der Waals surface area contributed by atoms with E-state index in [0.29, 0.717) is 6.04 Å². The molecule has 0 amide bonds. The van der Waals surface area contributed by atoms with Gasteiger partial charge in [-0.3, -0.25) is 9.89 Å². The van der Waals surface area contributed by atoms with Gasteiger partial charge in [-0.1, -0.05) is 24.3 Å². The molecule has 23 heavy (non-hydrogen) atoms. The molecule has 1 aliphatic rings. The molecular weight excluding hydrogens is 284 g/mol. The van der Waals surface area contributed by atoms with Crippen LogP contribution in [0.4, 0.5) is 0 Å². The first kappa shape index (κ1) is 17.8. The summed E-state index contributed by atoms with van der Waals surface area (Å²) < 4.78 is 0. The summed E-state index contributed by atoms with van der Waals surface area (Å²) in [5.74, 6) is 0.907. The molecule has 0 bridgehead atoms. The summed E-state index contributed by atoms with van der Waals surface area (Å²) in [6.45, 7) is 14.7. The Hall–Kier alpha value is -1.55. The topological polar surface area (TPSA) is 39.7 Å². The molecule has 1 aromatic carbocycles. The third-order valence-corrected chi connectivity index (χ3v) is 4.13. The van der Waals surface area contributed by atoms with Gasteiger partial charge in [0.25, 0.3) is 0 Å². The SMILES string of the molecule is CCNC(=NCC(C)N1CCc2ccccc2C1)NC(C)(C)C.